The third-order valence-corrected chi connectivity index (χ3v) is 4.48. The van der Waals surface area contributed by atoms with E-state index in [2.05, 4.69) is 14.8 Å². The van der Waals surface area contributed by atoms with Crippen molar-refractivity contribution in [2.75, 3.05) is 20.1 Å². The van der Waals surface area contributed by atoms with Crippen LogP contribution in [0.1, 0.15) is 17.9 Å². The molecule has 5 nitrogen and oxygen atoms in total. The van der Waals surface area contributed by atoms with Crippen LogP contribution in [-0.2, 0) is 10.2 Å². The van der Waals surface area contributed by atoms with Gasteiger partial charge in [-0.15, -0.1) is 0 Å². The molecule has 1 saturated heterocycles. The van der Waals surface area contributed by atoms with Crippen LogP contribution in [0.3, 0.4) is 0 Å². The van der Waals surface area contributed by atoms with E-state index in [0.29, 0.717) is 6.54 Å². The fourth-order valence-corrected chi connectivity index (χ4v) is 3.14. The molecule has 1 aliphatic rings. The lowest BCUT2D eigenvalue weighted by Gasteiger charge is -2.32. The molecule has 0 bridgehead atoms. The monoisotopic (exact) mass is 287 g/mol. The van der Waals surface area contributed by atoms with Gasteiger partial charge in [0.15, 0.2) is 0 Å². The predicted molar refractivity (Wildman–Crippen MR) is 71.5 cm³/mol. The van der Waals surface area contributed by atoms with Gasteiger partial charge in [-0.2, -0.15) is 13.1 Å². The molecule has 2 rings (SSSR count). The van der Waals surface area contributed by atoms with Crippen molar-refractivity contribution < 1.29 is 12.8 Å². The zero-order chi connectivity index (χ0) is 13.9. The first-order valence-corrected chi connectivity index (χ1v) is 7.67. The molecule has 19 heavy (non-hydrogen) atoms. The van der Waals surface area contributed by atoms with Crippen molar-refractivity contribution in [3.63, 3.8) is 0 Å². The number of hydrogen-bond donors (Lipinski definition) is 3. The Labute approximate surface area is 112 Å². The molecule has 0 aliphatic carbocycles. The molecule has 106 valence electrons. The highest BCUT2D eigenvalue weighted by Gasteiger charge is 2.29. The summed E-state index contributed by atoms with van der Waals surface area (Å²) in [4.78, 5) is 0. The summed E-state index contributed by atoms with van der Waals surface area (Å²) >= 11 is 0. The lowest BCUT2D eigenvalue weighted by molar-refractivity contribution is 0.376. The highest BCUT2D eigenvalue weighted by molar-refractivity contribution is 7.87. The average Bonchev–Trinajstić information content (AvgIpc) is 2.39. The summed E-state index contributed by atoms with van der Waals surface area (Å²) in [6.45, 7) is 1.32. The summed E-state index contributed by atoms with van der Waals surface area (Å²) in [5, 5.41) is 3.15. The molecule has 0 spiro atoms. The Hall–Kier alpha value is -1.02. The smallest absolute Gasteiger partial charge is 0.276 e. The molecule has 0 aromatic heterocycles. The number of piperidine rings is 1. The summed E-state index contributed by atoms with van der Waals surface area (Å²) in [5.74, 6) is -0.327. The van der Waals surface area contributed by atoms with Crippen molar-refractivity contribution in [1.82, 2.24) is 14.8 Å². The summed E-state index contributed by atoms with van der Waals surface area (Å²) in [6.07, 6.45) is 0.764. The predicted octanol–water partition coefficient (Wildman–Crippen LogP) is 0.325. The van der Waals surface area contributed by atoms with Gasteiger partial charge in [0.1, 0.15) is 5.82 Å². The first-order chi connectivity index (χ1) is 9.02. The molecule has 3 N–H and O–H groups in total. The van der Waals surface area contributed by atoms with Gasteiger partial charge < -0.3 is 5.32 Å². The zero-order valence-corrected chi connectivity index (χ0v) is 11.5. The minimum atomic E-state index is -3.50. The van der Waals surface area contributed by atoms with Crippen molar-refractivity contribution in [1.29, 1.82) is 0 Å². The third-order valence-electron chi connectivity index (χ3n) is 3.33. The molecule has 2 atom stereocenters. The van der Waals surface area contributed by atoms with Crippen LogP contribution >= 0.6 is 0 Å². The first-order valence-electron chi connectivity index (χ1n) is 6.19. The van der Waals surface area contributed by atoms with Crippen LogP contribution < -0.4 is 14.8 Å². The van der Waals surface area contributed by atoms with Crippen molar-refractivity contribution in [3.8, 4) is 0 Å². The zero-order valence-electron chi connectivity index (χ0n) is 10.7. The minimum absolute atomic E-state index is 0.0277. The van der Waals surface area contributed by atoms with Crippen LogP contribution in [0.4, 0.5) is 4.39 Å². The number of benzene rings is 1. The van der Waals surface area contributed by atoms with Gasteiger partial charge in [0, 0.05) is 25.6 Å². The fraction of sp³-hybridized carbons (Fsp3) is 0.500. The Morgan fingerprint density at radius 2 is 2.21 bits per heavy atom. The highest BCUT2D eigenvalue weighted by atomic mass is 32.2. The Bertz CT molecular complexity index is 536. The highest BCUT2D eigenvalue weighted by Crippen LogP contribution is 2.26. The van der Waals surface area contributed by atoms with Gasteiger partial charge in [-0.25, -0.2) is 9.11 Å². The van der Waals surface area contributed by atoms with Crippen molar-refractivity contribution in [2.24, 2.45) is 0 Å². The Morgan fingerprint density at radius 1 is 1.42 bits per heavy atom. The number of halogens is 1. The minimum Gasteiger partial charge on any atom is -0.315 e. The van der Waals surface area contributed by atoms with E-state index in [9.17, 15) is 12.8 Å². The van der Waals surface area contributed by atoms with Gasteiger partial charge in [-0.3, -0.25) is 0 Å². The fourth-order valence-electron chi connectivity index (χ4n) is 2.38. The quantitative estimate of drug-likeness (QED) is 0.747. The van der Waals surface area contributed by atoms with Crippen LogP contribution in [0.15, 0.2) is 24.3 Å². The average molecular weight is 287 g/mol. The van der Waals surface area contributed by atoms with E-state index in [1.54, 1.807) is 6.07 Å². The maximum absolute atomic E-state index is 13.3. The van der Waals surface area contributed by atoms with Gasteiger partial charge >= 0.3 is 0 Å². The van der Waals surface area contributed by atoms with Crippen LogP contribution in [-0.4, -0.2) is 34.6 Å². The Kier molecular flexibility index (Phi) is 4.51. The second-order valence-electron chi connectivity index (χ2n) is 4.59. The SMILES string of the molecule is CNS(=O)(=O)N[C@@H]1CNCC[C@@H]1c1cccc(F)c1. The largest absolute Gasteiger partial charge is 0.315 e. The normalized spacial score (nSPS) is 24.3. The van der Waals surface area contributed by atoms with Crippen LogP contribution in [0.5, 0.6) is 0 Å². The van der Waals surface area contributed by atoms with E-state index in [1.165, 1.54) is 19.2 Å². The molecule has 1 fully saturated rings. The van der Waals surface area contributed by atoms with Crippen molar-refractivity contribution in [3.05, 3.63) is 35.6 Å². The second kappa shape index (κ2) is 5.96. The van der Waals surface area contributed by atoms with E-state index in [-0.39, 0.29) is 17.8 Å². The number of rotatable bonds is 4. The van der Waals surface area contributed by atoms with Crippen molar-refractivity contribution in [2.45, 2.75) is 18.4 Å². The lowest BCUT2D eigenvalue weighted by atomic mass is 9.86. The van der Waals surface area contributed by atoms with Crippen LogP contribution in [0.2, 0.25) is 0 Å². The second-order valence-corrected chi connectivity index (χ2v) is 6.24. The van der Waals surface area contributed by atoms with Gasteiger partial charge in [0.05, 0.1) is 0 Å². The third kappa shape index (κ3) is 3.73. The molecule has 1 heterocycles. The Morgan fingerprint density at radius 3 is 2.89 bits per heavy atom. The van der Waals surface area contributed by atoms with E-state index in [0.717, 1.165) is 18.5 Å². The molecule has 0 saturated carbocycles. The van der Waals surface area contributed by atoms with Crippen LogP contribution in [0, 0.1) is 5.82 Å². The summed E-state index contributed by atoms with van der Waals surface area (Å²) in [7, 11) is -2.15. The maximum atomic E-state index is 13.3. The molecular weight excluding hydrogens is 269 g/mol. The maximum Gasteiger partial charge on any atom is 0.276 e. The molecule has 0 amide bonds. The van der Waals surface area contributed by atoms with E-state index in [1.807, 2.05) is 6.07 Å². The number of hydrogen-bond acceptors (Lipinski definition) is 3. The first kappa shape index (κ1) is 14.4. The van der Waals surface area contributed by atoms with E-state index < -0.39 is 10.2 Å². The Balaban J connectivity index is 2.21. The van der Waals surface area contributed by atoms with E-state index in [4.69, 9.17) is 0 Å². The topological polar surface area (TPSA) is 70.2 Å². The molecule has 1 aliphatic heterocycles. The van der Waals surface area contributed by atoms with Gasteiger partial charge in [0.25, 0.3) is 10.2 Å². The molecule has 0 radical (unpaired) electrons. The summed E-state index contributed by atoms with van der Waals surface area (Å²) < 4.78 is 41.3. The molecule has 1 aromatic rings. The molecule has 1 aromatic carbocycles. The molecular formula is C12H18FN3O2S. The van der Waals surface area contributed by atoms with Crippen LogP contribution in [0.25, 0.3) is 0 Å². The van der Waals surface area contributed by atoms with Gasteiger partial charge in [-0.1, -0.05) is 12.1 Å². The van der Waals surface area contributed by atoms with E-state index >= 15 is 0 Å². The molecule has 0 unspecified atom stereocenters. The van der Waals surface area contributed by atoms with Crippen molar-refractivity contribution >= 4 is 10.2 Å². The molecule has 7 heteroatoms. The van der Waals surface area contributed by atoms with Gasteiger partial charge in [0.2, 0.25) is 0 Å². The van der Waals surface area contributed by atoms with Gasteiger partial charge in [-0.05, 0) is 30.7 Å². The lowest BCUT2D eigenvalue weighted by Crippen LogP contribution is -2.52. The summed E-state index contributed by atoms with van der Waals surface area (Å²) in [5.41, 5.74) is 0.824. The number of nitrogens with one attached hydrogen (secondary N) is 3. The summed E-state index contributed by atoms with van der Waals surface area (Å²) in [6, 6.07) is 6.05. The standard InChI is InChI=1S/C12H18FN3O2S/c1-14-19(17,18)16-12-8-15-6-5-11(12)9-3-2-4-10(13)7-9/h2-4,7,11-12,14-16H,5-6,8H2,1H3/t11-,12-/m1/s1.